The van der Waals surface area contributed by atoms with Crippen molar-refractivity contribution >= 4 is 34.3 Å². The Bertz CT molecular complexity index is 982. The molecule has 0 atom stereocenters. The van der Waals surface area contributed by atoms with Crippen LogP contribution in [-0.2, 0) is 4.74 Å². The second kappa shape index (κ2) is 7.90. The molecule has 0 bridgehead atoms. The van der Waals surface area contributed by atoms with Crippen LogP contribution in [0.5, 0.6) is 0 Å². The quantitative estimate of drug-likeness (QED) is 0.606. The van der Waals surface area contributed by atoms with Gasteiger partial charge in [-0.05, 0) is 48.4 Å². The fraction of sp³-hybridized carbons (Fsp3) is 0.200. The number of aromatic amines is 1. The highest BCUT2D eigenvalue weighted by atomic mass is 19.1. The number of benzene rings is 2. The molecule has 140 valence electrons. The van der Waals surface area contributed by atoms with E-state index in [1.165, 1.54) is 12.1 Å². The van der Waals surface area contributed by atoms with Crippen LogP contribution in [-0.4, -0.2) is 23.6 Å². The zero-order valence-corrected chi connectivity index (χ0v) is 15.0. The molecular formula is C20H20FN3O3. The van der Waals surface area contributed by atoms with Crippen LogP contribution in [0.15, 0.2) is 48.5 Å². The number of nitrogens with one attached hydrogen (secondary N) is 3. The second-order valence-corrected chi connectivity index (χ2v) is 6.57. The molecule has 0 radical (unpaired) electrons. The number of carbonyl (C=O) groups is 2. The summed E-state index contributed by atoms with van der Waals surface area (Å²) in [6.45, 7) is 4.22. The maximum absolute atomic E-state index is 13.3. The van der Waals surface area contributed by atoms with Gasteiger partial charge in [-0.25, -0.2) is 9.18 Å². The summed E-state index contributed by atoms with van der Waals surface area (Å²) < 4.78 is 18.4. The van der Waals surface area contributed by atoms with Gasteiger partial charge in [0.15, 0.2) is 0 Å². The molecule has 0 unspecified atom stereocenters. The van der Waals surface area contributed by atoms with Crippen molar-refractivity contribution in [2.24, 2.45) is 5.92 Å². The average molecular weight is 369 g/mol. The van der Waals surface area contributed by atoms with Gasteiger partial charge in [0.1, 0.15) is 11.5 Å². The molecule has 3 aromatic rings. The first-order chi connectivity index (χ1) is 12.9. The fourth-order valence-electron chi connectivity index (χ4n) is 2.50. The van der Waals surface area contributed by atoms with Gasteiger partial charge in [-0.15, -0.1) is 0 Å². The van der Waals surface area contributed by atoms with Crippen molar-refractivity contribution in [3.05, 3.63) is 60.0 Å². The van der Waals surface area contributed by atoms with E-state index < -0.39 is 6.09 Å². The molecule has 0 aliphatic rings. The summed E-state index contributed by atoms with van der Waals surface area (Å²) in [5.41, 5.74) is 1.99. The lowest BCUT2D eigenvalue weighted by Gasteiger charge is -2.10. The number of anilines is 2. The van der Waals surface area contributed by atoms with E-state index in [9.17, 15) is 14.0 Å². The number of hydrogen-bond acceptors (Lipinski definition) is 3. The van der Waals surface area contributed by atoms with Gasteiger partial charge in [0.25, 0.3) is 5.91 Å². The van der Waals surface area contributed by atoms with E-state index in [2.05, 4.69) is 15.6 Å². The Morgan fingerprint density at radius 2 is 1.81 bits per heavy atom. The minimum atomic E-state index is -0.551. The molecule has 0 aliphatic heterocycles. The molecule has 3 rings (SSSR count). The van der Waals surface area contributed by atoms with Gasteiger partial charge < -0.3 is 15.0 Å². The Hall–Kier alpha value is -3.35. The van der Waals surface area contributed by atoms with E-state index >= 15 is 0 Å². The minimum Gasteiger partial charge on any atom is -0.449 e. The van der Waals surface area contributed by atoms with Gasteiger partial charge in [-0.1, -0.05) is 19.9 Å². The Kier molecular flexibility index (Phi) is 5.40. The molecule has 0 saturated carbocycles. The first-order valence-electron chi connectivity index (χ1n) is 8.54. The number of fused-ring (bicyclic) bond motifs is 1. The van der Waals surface area contributed by atoms with E-state index in [0.29, 0.717) is 34.6 Å². The first kappa shape index (κ1) is 18.4. The molecule has 0 aliphatic carbocycles. The van der Waals surface area contributed by atoms with E-state index in [4.69, 9.17) is 4.74 Å². The summed E-state index contributed by atoms with van der Waals surface area (Å²) in [5, 5.41) is 5.97. The van der Waals surface area contributed by atoms with Crippen molar-refractivity contribution < 1.29 is 18.7 Å². The molecule has 6 nitrogen and oxygen atoms in total. The molecule has 0 fully saturated rings. The lowest BCUT2D eigenvalue weighted by molar-refractivity contribution is 0.102. The fourth-order valence-corrected chi connectivity index (χ4v) is 2.50. The largest absolute Gasteiger partial charge is 0.449 e. The number of halogens is 1. The van der Waals surface area contributed by atoms with Crippen LogP contribution in [0, 0.1) is 11.7 Å². The van der Waals surface area contributed by atoms with Crippen LogP contribution >= 0.6 is 0 Å². The maximum atomic E-state index is 13.3. The van der Waals surface area contributed by atoms with Crippen molar-refractivity contribution in [2.75, 3.05) is 17.2 Å². The van der Waals surface area contributed by atoms with Crippen molar-refractivity contribution in [2.45, 2.75) is 13.8 Å². The van der Waals surface area contributed by atoms with Crippen molar-refractivity contribution in [1.82, 2.24) is 4.98 Å². The third-order valence-electron chi connectivity index (χ3n) is 3.74. The van der Waals surface area contributed by atoms with Crippen LogP contribution in [0.2, 0.25) is 0 Å². The maximum Gasteiger partial charge on any atom is 0.411 e. The number of amides is 2. The third-order valence-corrected chi connectivity index (χ3v) is 3.74. The molecule has 7 heteroatoms. The van der Waals surface area contributed by atoms with Gasteiger partial charge in [-0.3, -0.25) is 10.1 Å². The molecule has 0 spiro atoms. The summed E-state index contributed by atoms with van der Waals surface area (Å²) in [6, 6.07) is 12.6. The lowest BCUT2D eigenvalue weighted by atomic mass is 10.2. The predicted molar refractivity (Wildman–Crippen MR) is 102 cm³/mol. The average Bonchev–Trinajstić information content (AvgIpc) is 3.03. The number of ether oxygens (including phenoxy) is 1. The van der Waals surface area contributed by atoms with E-state index in [1.807, 2.05) is 13.8 Å². The van der Waals surface area contributed by atoms with E-state index in [0.717, 1.165) is 0 Å². The standard InChI is InChI=1S/C20H20FN3O3/c1-12(2)11-27-20(26)23-16-5-3-4-15(10-16)22-19(25)18-9-13-8-14(21)6-7-17(13)24-18/h3-10,12,24H,11H2,1-2H3,(H,22,25)(H,23,26). The molecular weight excluding hydrogens is 349 g/mol. The number of aromatic nitrogens is 1. The molecule has 1 heterocycles. The smallest absolute Gasteiger partial charge is 0.411 e. The van der Waals surface area contributed by atoms with Crippen LogP contribution in [0.3, 0.4) is 0 Å². The van der Waals surface area contributed by atoms with Gasteiger partial charge in [0, 0.05) is 22.3 Å². The van der Waals surface area contributed by atoms with Gasteiger partial charge in [-0.2, -0.15) is 0 Å². The molecule has 2 amide bonds. The molecule has 27 heavy (non-hydrogen) atoms. The van der Waals surface area contributed by atoms with E-state index in [1.54, 1.807) is 36.4 Å². The SMILES string of the molecule is CC(C)COC(=O)Nc1cccc(NC(=O)c2cc3cc(F)ccc3[nH]2)c1. The highest BCUT2D eigenvalue weighted by Crippen LogP contribution is 2.19. The van der Waals surface area contributed by atoms with Gasteiger partial charge in [0.05, 0.1) is 6.61 Å². The van der Waals surface area contributed by atoms with Crippen molar-refractivity contribution in [3.63, 3.8) is 0 Å². The minimum absolute atomic E-state index is 0.242. The van der Waals surface area contributed by atoms with E-state index in [-0.39, 0.29) is 17.6 Å². The normalized spacial score (nSPS) is 10.8. The summed E-state index contributed by atoms with van der Waals surface area (Å²) >= 11 is 0. The highest BCUT2D eigenvalue weighted by Gasteiger charge is 2.11. The Morgan fingerprint density at radius 1 is 1.07 bits per heavy atom. The summed E-state index contributed by atoms with van der Waals surface area (Å²) in [4.78, 5) is 27.1. The summed E-state index contributed by atoms with van der Waals surface area (Å²) in [7, 11) is 0. The Labute approximate surface area is 155 Å². The van der Waals surface area contributed by atoms with Crippen molar-refractivity contribution in [3.8, 4) is 0 Å². The molecule has 2 aromatic carbocycles. The highest BCUT2D eigenvalue weighted by molar-refractivity contribution is 6.06. The lowest BCUT2D eigenvalue weighted by Crippen LogP contribution is -2.17. The monoisotopic (exact) mass is 369 g/mol. The van der Waals surface area contributed by atoms with Crippen molar-refractivity contribution in [1.29, 1.82) is 0 Å². The Morgan fingerprint density at radius 3 is 2.56 bits per heavy atom. The Balaban J connectivity index is 1.67. The zero-order valence-electron chi connectivity index (χ0n) is 15.0. The number of rotatable bonds is 5. The number of carbonyl (C=O) groups excluding carboxylic acids is 2. The van der Waals surface area contributed by atoms with Crippen LogP contribution in [0.25, 0.3) is 10.9 Å². The zero-order chi connectivity index (χ0) is 19.4. The number of H-pyrrole nitrogens is 1. The van der Waals surface area contributed by atoms with Crippen LogP contribution in [0.4, 0.5) is 20.6 Å². The van der Waals surface area contributed by atoms with Gasteiger partial charge >= 0.3 is 6.09 Å². The van der Waals surface area contributed by atoms with Gasteiger partial charge in [0.2, 0.25) is 0 Å². The number of hydrogen-bond donors (Lipinski definition) is 3. The summed E-state index contributed by atoms with van der Waals surface area (Å²) in [6.07, 6.45) is -0.551. The molecule has 3 N–H and O–H groups in total. The molecule has 0 saturated heterocycles. The predicted octanol–water partition coefficient (Wildman–Crippen LogP) is 4.76. The third kappa shape index (κ3) is 4.84. The first-order valence-corrected chi connectivity index (χ1v) is 8.54. The topological polar surface area (TPSA) is 83.2 Å². The van der Waals surface area contributed by atoms with Crippen LogP contribution in [0.1, 0.15) is 24.3 Å². The molecule has 1 aromatic heterocycles. The van der Waals surface area contributed by atoms with Crippen LogP contribution < -0.4 is 10.6 Å². The second-order valence-electron chi connectivity index (χ2n) is 6.57. The summed E-state index contributed by atoms with van der Waals surface area (Å²) in [5.74, 6) is -0.492.